The number of pyridine rings is 1. The van der Waals surface area contributed by atoms with Gasteiger partial charge >= 0.3 is 6.09 Å². The number of carbonyl (C=O) groups is 2. The van der Waals surface area contributed by atoms with Gasteiger partial charge in [-0.3, -0.25) is 9.69 Å². The topological polar surface area (TPSA) is 91.8 Å². The molecular weight excluding hydrogens is 365 g/mol. The van der Waals surface area contributed by atoms with Crippen molar-refractivity contribution in [1.29, 1.82) is 0 Å². The maximum atomic E-state index is 13.2. The van der Waals surface area contributed by atoms with Gasteiger partial charge < -0.3 is 15.2 Å². The van der Waals surface area contributed by atoms with E-state index >= 15 is 0 Å². The fourth-order valence-electron chi connectivity index (χ4n) is 3.24. The highest BCUT2D eigenvalue weighted by Gasteiger charge is 2.33. The normalized spacial score (nSPS) is 18.2. The Bertz CT molecular complexity index is 928. The molecule has 1 aromatic heterocycles. The van der Waals surface area contributed by atoms with Crippen LogP contribution in [0.5, 0.6) is 5.88 Å². The lowest BCUT2D eigenvalue weighted by Gasteiger charge is -2.33. The zero-order valence-corrected chi connectivity index (χ0v) is 15.3. The highest BCUT2D eigenvalue weighted by atomic mass is 19.1. The Morgan fingerprint density at radius 1 is 1.32 bits per heavy atom. The number of ether oxygens (including phenoxy) is 1. The predicted molar refractivity (Wildman–Crippen MR) is 100 cm³/mol. The Balaban J connectivity index is 1.74. The highest BCUT2D eigenvalue weighted by molar-refractivity contribution is 5.95. The van der Waals surface area contributed by atoms with Gasteiger partial charge in [0.2, 0.25) is 11.8 Å². The molecule has 1 aliphatic heterocycles. The standard InChI is InChI=1S/C20H20FN3O4/c1-11-10-28-19-16(24(11)20(26)27)9-14(8-12-2-6-15(21)7-3-12)17(23-19)22-18(25)13-4-5-13/h2-3,6-7,9,11,13H,4-5,8,10H2,1H3,(H,26,27)(H,22,23,25)/t11-/m0/s1. The molecule has 7 nitrogen and oxygen atoms in total. The summed E-state index contributed by atoms with van der Waals surface area (Å²) in [4.78, 5) is 29.6. The van der Waals surface area contributed by atoms with Gasteiger partial charge in [-0.15, -0.1) is 0 Å². The van der Waals surface area contributed by atoms with Crippen molar-refractivity contribution < 1.29 is 23.8 Å². The molecule has 0 bridgehead atoms. The highest BCUT2D eigenvalue weighted by Crippen LogP contribution is 2.37. The first-order valence-corrected chi connectivity index (χ1v) is 9.16. The maximum Gasteiger partial charge on any atom is 0.412 e. The van der Waals surface area contributed by atoms with Gasteiger partial charge in [0.15, 0.2) is 0 Å². The van der Waals surface area contributed by atoms with Crippen LogP contribution in [0.2, 0.25) is 0 Å². The molecule has 1 fully saturated rings. The van der Waals surface area contributed by atoms with E-state index in [0.717, 1.165) is 18.4 Å². The van der Waals surface area contributed by atoms with E-state index in [9.17, 15) is 19.1 Å². The molecule has 1 aliphatic carbocycles. The van der Waals surface area contributed by atoms with Crippen molar-refractivity contribution in [1.82, 2.24) is 4.98 Å². The molecule has 4 rings (SSSR count). The molecule has 8 heteroatoms. The van der Waals surface area contributed by atoms with Crippen LogP contribution >= 0.6 is 0 Å². The zero-order chi connectivity index (χ0) is 19.8. The number of amides is 2. The Kier molecular flexibility index (Phi) is 4.62. The van der Waals surface area contributed by atoms with E-state index in [-0.39, 0.29) is 36.2 Å². The van der Waals surface area contributed by atoms with Crippen molar-refractivity contribution in [3.05, 3.63) is 47.3 Å². The van der Waals surface area contributed by atoms with Gasteiger partial charge in [-0.05, 0) is 43.5 Å². The van der Waals surface area contributed by atoms with Crippen LogP contribution in [0.1, 0.15) is 30.9 Å². The SMILES string of the molecule is C[C@H]1COc2nc(NC(=O)C3CC3)c(Cc3ccc(F)cc3)cc2N1C(=O)O. The average molecular weight is 385 g/mol. The molecular formula is C20H20FN3O4. The second-order valence-corrected chi connectivity index (χ2v) is 7.20. The molecule has 0 unspecified atom stereocenters. The van der Waals surface area contributed by atoms with Gasteiger partial charge in [0.25, 0.3) is 0 Å². The van der Waals surface area contributed by atoms with E-state index in [4.69, 9.17) is 4.74 Å². The molecule has 146 valence electrons. The van der Waals surface area contributed by atoms with E-state index in [1.807, 2.05) is 0 Å². The van der Waals surface area contributed by atoms with E-state index < -0.39 is 6.09 Å². The number of fused-ring (bicyclic) bond motifs is 1. The summed E-state index contributed by atoms with van der Waals surface area (Å²) in [6, 6.07) is 7.33. The van der Waals surface area contributed by atoms with E-state index in [2.05, 4.69) is 10.3 Å². The van der Waals surface area contributed by atoms with Crippen molar-refractivity contribution in [2.45, 2.75) is 32.2 Å². The van der Waals surface area contributed by atoms with Crippen LogP contribution in [0, 0.1) is 11.7 Å². The Labute approximate surface area is 161 Å². The number of benzene rings is 1. The van der Waals surface area contributed by atoms with Crippen LogP contribution in [0.4, 0.5) is 20.7 Å². The van der Waals surface area contributed by atoms with Gasteiger partial charge in [-0.25, -0.2) is 9.18 Å². The lowest BCUT2D eigenvalue weighted by molar-refractivity contribution is -0.117. The lowest BCUT2D eigenvalue weighted by atomic mass is 10.0. The number of nitrogens with one attached hydrogen (secondary N) is 1. The van der Waals surface area contributed by atoms with Crippen LogP contribution in [0.25, 0.3) is 0 Å². The summed E-state index contributed by atoms with van der Waals surface area (Å²) in [6.45, 7) is 1.93. The second-order valence-electron chi connectivity index (χ2n) is 7.20. The van der Waals surface area contributed by atoms with Crippen LogP contribution in [-0.4, -0.2) is 34.7 Å². The number of hydrogen-bond donors (Lipinski definition) is 2. The lowest BCUT2D eigenvalue weighted by Crippen LogP contribution is -2.44. The molecule has 1 aromatic carbocycles. The summed E-state index contributed by atoms with van der Waals surface area (Å²) in [5.41, 5.74) is 1.80. The quantitative estimate of drug-likeness (QED) is 0.841. The fourth-order valence-corrected chi connectivity index (χ4v) is 3.24. The second kappa shape index (κ2) is 7.10. The van der Waals surface area contributed by atoms with Crippen LogP contribution in [-0.2, 0) is 11.2 Å². The first-order chi connectivity index (χ1) is 13.4. The number of hydrogen-bond acceptors (Lipinski definition) is 4. The number of rotatable bonds is 4. The average Bonchev–Trinajstić information content (AvgIpc) is 3.49. The van der Waals surface area contributed by atoms with Crippen LogP contribution in [0.3, 0.4) is 0 Å². The first-order valence-electron chi connectivity index (χ1n) is 9.16. The number of aromatic nitrogens is 1. The minimum atomic E-state index is -1.10. The molecule has 2 N–H and O–H groups in total. The molecule has 1 atom stereocenters. The molecule has 2 aromatic rings. The molecule has 2 amide bonds. The predicted octanol–water partition coefficient (Wildman–Crippen LogP) is 3.43. The van der Waals surface area contributed by atoms with Gasteiger partial charge in [0, 0.05) is 17.9 Å². The smallest absolute Gasteiger partial charge is 0.412 e. The van der Waals surface area contributed by atoms with Crippen molar-refractivity contribution in [2.24, 2.45) is 5.92 Å². The Hall–Kier alpha value is -3.16. The summed E-state index contributed by atoms with van der Waals surface area (Å²) in [5.74, 6) is 0.0724. The molecule has 28 heavy (non-hydrogen) atoms. The van der Waals surface area contributed by atoms with Gasteiger partial charge in [-0.1, -0.05) is 12.1 Å². The number of nitrogens with zero attached hydrogens (tertiary/aromatic N) is 2. The molecule has 2 heterocycles. The molecule has 1 saturated carbocycles. The van der Waals surface area contributed by atoms with Crippen molar-refractivity contribution in [2.75, 3.05) is 16.8 Å². The fraction of sp³-hybridized carbons (Fsp3) is 0.350. The van der Waals surface area contributed by atoms with Gasteiger partial charge in [0.05, 0.1) is 6.04 Å². The minimum absolute atomic E-state index is 0.00652. The first kappa shape index (κ1) is 18.2. The van der Waals surface area contributed by atoms with Crippen molar-refractivity contribution in [3.63, 3.8) is 0 Å². The van der Waals surface area contributed by atoms with Crippen LogP contribution in [0.15, 0.2) is 30.3 Å². The molecule has 0 spiro atoms. The molecule has 2 aliphatic rings. The third-order valence-corrected chi connectivity index (χ3v) is 4.91. The van der Waals surface area contributed by atoms with Gasteiger partial charge in [-0.2, -0.15) is 4.98 Å². The summed E-state index contributed by atoms with van der Waals surface area (Å²) in [7, 11) is 0. The summed E-state index contributed by atoms with van der Waals surface area (Å²) in [6.07, 6.45) is 0.972. The van der Waals surface area contributed by atoms with E-state index in [1.54, 1.807) is 25.1 Å². The summed E-state index contributed by atoms with van der Waals surface area (Å²) < 4.78 is 18.8. The number of halogens is 1. The Morgan fingerprint density at radius 2 is 2.04 bits per heavy atom. The molecule has 0 radical (unpaired) electrons. The number of anilines is 2. The number of carboxylic acid groups (broad SMARTS) is 1. The number of carbonyl (C=O) groups excluding carboxylic acids is 1. The third-order valence-electron chi connectivity index (χ3n) is 4.91. The van der Waals surface area contributed by atoms with Crippen molar-refractivity contribution in [3.8, 4) is 5.88 Å². The van der Waals surface area contributed by atoms with E-state index in [1.165, 1.54) is 17.0 Å². The largest absolute Gasteiger partial charge is 0.474 e. The van der Waals surface area contributed by atoms with Crippen molar-refractivity contribution >= 4 is 23.5 Å². The Morgan fingerprint density at radius 3 is 2.68 bits per heavy atom. The van der Waals surface area contributed by atoms with Crippen LogP contribution < -0.4 is 15.0 Å². The maximum absolute atomic E-state index is 13.2. The van der Waals surface area contributed by atoms with Gasteiger partial charge in [0.1, 0.15) is 23.9 Å². The molecule has 0 saturated heterocycles. The third kappa shape index (κ3) is 3.62. The minimum Gasteiger partial charge on any atom is -0.474 e. The monoisotopic (exact) mass is 385 g/mol. The summed E-state index contributed by atoms with van der Waals surface area (Å²) >= 11 is 0. The zero-order valence-electron chi connectivity index (χ0n) is 15.3. The van der Waals surface area contributed by atoms with E-state index in [0.29, 0.717) is 23.5 Å². The summed E-state index contributed by atoms with van der Waals surface area (Å²) in [5, 5.41) is 12.4.